The summed E-state index contributed by atoms with van der Waals surface area (Å²) in [5.74, 6) is 0.252. The second-order valence-corrected chi connectivity index (χ2v) is 7.48. The molecule has 1 unspecified atom stereocenters. The smallest absolute Gasteiger partial charge is 0.237 e. The zero-order valence-corrected chi connectivity index (χ0v) is 17.0. The van der Waals surface area contributed by atoms with E-state index in [0.29, 0.717) is 6.54 Å². The molecule has 1 fully saturated rings. The summed E-state index contributed by atoms with van der Waals surface area (Å²) in [4.78, 5) is 18.8. The number of halogens is 2. The van der Waals surface area contributed by atoms with Crippen LogP contribution in [0.15, 0.2) is 41.8 Å². The van der Waals surface area contributed by atoms with E-state index < -0.39 is 0 Å². The minimum atomic E-state index is 0. The predicted molar refractivity (Wildman–Crippen MR) is 112 cm³/mol. The molecule has 142 valence electrons. The predicted octanol–water partition coefficient (Wildman–Crippen LogP) is 2.97. The van der Waals surface area contributed by atoms with Gasteiger partial charge in [0, 0.05) is 37.6 Å². The van der Waals surface area contributed by atoms with E-state index in [1.54, 1.807) is 0 Å². The fraction of sp³-hybridized carbons (Fsp3) is 0.421. The Hall–Kier alpha value is -1.11. The van der Waals surface area contributed by atoms with Gasteiger partial charge in [0.25, 0.3) is 0 Å². The molecule has 1 N–H and O–H groups in total. The molecule has 2 aromatic rings. The number of nitrogens with zero attached hydrogens (tertiary/aromatic N) is 2. The molecule has 0 radical (unpaired) electrons. The highest BCUT2D eigenvalue weighted by molar-refractivity contribution is 7.10. The van der Waals surface area contributed by atoms with Crippen molar-refractivity contribution in [3.63, 3.8) is 0 Å². The Morgan fingerprint density at radius 3 is 2.54 bits per heavy atom. The van der Waals surface area contributed by atoms with Crippen molar-refractivity contribution in [2.75, 3.05) is 39.3 Å². The van der Waals surface area contributed by atoms with Crippen molar-refractivity contribution in [2.45, 2.75) is 12.5 Å². The average molecular weight is 414 g/mol. The van der Waals surface area contributed by atoms with Gasteiger partial charge in [0.2, 0.25) is 5.91 Å². The molecular weight excluding hydrogens is 389 g/mol. The van der Waals surface area contributed by atoms with E-state index in [1.807, 2.05) is 17.4 Å². The van der Waals surface area contributed by atoms with E-state index in [0.717, 1.165) is 39.1 Å². The second-order valence-electron chi connectivity index (χ2n) is 6.48. The largest absolute Gasteiger partial charge is 0.330 e. The summed E-state index contributed by atoms with van der Waals surface area (Å²) < 4.78 is 0. The van der Waals surface area contributed by atoms with E-state index in [4.69, 9.17) is 0 Å². The molecule has 2 aliphatic heterocycles. The fourth-order valence-electron chi connectivity index (χ4n) is 3.73. The number of amides is 1. The number of nitrogens with one attached hydrogen (secondary N) is 1. The monoisotopic (exact) mass is 413 g/mol. The Morgan fingerprint density at radius 1 is 1.08 bits per heavy atom. The first-order chi connectivity index (χ1) is 11.8. The van der Waals surface area contributed by atoms with Crippen molar-refractivity contribution in [3.8, 4) is 0 Å². The first kappa shape index (κ1) is 21.2. The van der Waals surface area contributed by atoms with Gasteiger partial charge in [-0.25, -0.2) is 0 Å². The van der Waals surface area contributed by atoms with Crippen molar-refractivity contribution >= 4 is 42.1 Å². The third-order valence-corrected chi connectivity index (χ3v) is 5.97. The molecule has 3 heterocycles. The molecule has 1 atom stereocenters. The minimum Gasteiger partial charge on any atom is -0.330 e. The first-order valence-corrected chi connectivity index (χ1v) is 9.54. The SMILES string of the molecule is Cl.Cl.O=C(CN1CCNCC1)N1CCc2sccc2C1c1ccccc1. The van der Waals surface area contributed by atoms with Crippen molar-refractivity contribution in [1.29, 1.82) is 0 Å². The van der Waals surface area contributed by atoms with Crippen molar-refractivity contribution < 1.29 is 4.79 Å². The van der Waals surface area contributed by atoms with Crippen LogP contribution in [0.2, 0.25) is 0 Å². The van der Waals surface area contributed by atoms with Gasteiger partial charge in [-0.05, 0) is 29.0 Å². The van der Waals surface area contributed by atoms with Crippen LogP contribution in [0.1, 0.15) is 22.0 Å². The fourth-order valence-corrected chi connectivity index (χ4v) is 4.64. The zero-order chi connectivity index (χ0) is 16.4. The van der Waals surface area contributed by atoms with Crippen molar-refractivity contribution in [1.82, 2.24) is 15.1 Å². The van der Waals surface area contributed by atoms with E-state index >= 15 is 0 Å². The molecule has 7 heteroatoms. The number of carbonyl (C=O) groups excluding carboxylic acids is 1. The van der Waals surface area contributed by atoms with Crippen LogP contribution in [0.25, 0.3) is 0 Å². The van der Waals surface area contributed by atoms with Gasteiger partial charge < -0.3 is 10.2 Å². The summed E-state index contributed by atoms with van der Waals surface area (Å²) in [5, 5.41) is 5.50. The zero-order valence-electron chi connectivity index (χ0n) is 14.6. The lowest BCUT2D eigenvalue weighted by atomic mass is 9.93. The number of piperazine rings is 1. The quantitative estimate of drug-likeness (QED) is 0.839. The number of benzene rings is 1. The number of fused-ring (bicyclic) bond motifs is 1. The molecule has 1 aromatic heterocycles. The third-order valence-electron chi connectivity index (χ3n) is 4.97. The van der Waals surface area contributed by atoms with Gasteiger partial charge in [-0.1, -0.05) is 30.3 Å². The average Bonchev–Trinajstić information content (AvgIpc) is 3.11. The van der Waals surface area contributed by atoms with Gasteiger partial charge in [0.1, 0.15) is 0 Å². The summed E-state index contributed by atoms with van der Waals surface area (Å²) in [6, 6.07) is 12.7. The first-order valence-electron chi connectivity index (χ1n) is 8.66. The lowest BCUT2D eigenvalue weighted by molar-refractivity contribution is -0.134. The molecule has 2 aliphatic rings. The van der Waals surface area contributed by atoms with Gasteiger partial charge in [0.05, 0.1) is 12.6 Å². The van der Waals surface area contributed by atoms with E-state index in [9.17, 15) is 4.79 Å². The molecule has 26 heavy (non-hydrogen) atoms. The molecule has 1 amide bonds. The molecule has 0 aliphatic carbocycles. The molecular formula is C19H25Cl2N3OS. The van der Waals surface area contributed by atoms with E-state index in [2.05, 4.69) is 50.8 Å². The Morgan fingerprint density at radius 2 is 1.81 bits per heavy atom. The van der Waals surface area contributed by atoms with Gasteiger partial charge in [-0.2, -0.15) is 0 Å². The summed E-state index contributed by atoms with van der Waals surface area (Å²) in [5.41, 5.74) is 2.52. The number of thiophene rings is 1. The molecule has 4 rings (SSSR count). The minimum absolute atomic E-state index is 0. The van der Waals surface area contributed by atoms with Crippen molar-refractivity contribution in [2.24, 2.45) is 0 Å². The van der Waals surface area contributed by atoms with Crippen LogP contribution in [-0.4, -0.2) is 55.0 Å². The Balaban J connectivity index is 0.00000121. The highest BCUT2D eigenvalue weighted by Gasteiger charge is 2.33. The van der Waals surface area contributed by atoms with Gasteiger partial charge in [-0.3, -0.25) is 9.69 Å². The third kappa shape index (κ3) is 4.41. The summed E-state index contributed by atoms with van der Waals surface area (Å²) in [6.45, 7) is 5.22. The standard InChI is InChI=1S/C19H23N3OS.2ClH/c23-18(14-21-11-8-20-9-12-21)22-10-6-17-16(7-13-24-17)19(22)15-4-2-1-3-5-15;;/h1-5,7,13,19-20H,6,8-12,14H2;2*1H. The number of carbonyl (C=O) groups is 1. The molecule has 1 aromatic carbocycles. The van der Waals surface area contributed by atoms with Gasteiger partial charge >= 0.3 is 0 Å². The Labute approximate surface area is 171 Å². The molecule has 0 spiro atoms. The van der Waals surface area contributed by atoms with Gasteiger partial charge in [0.15, 0.2) is 0 Å². The van der Waals surface area contributed by atoms with Crippen LogP contribution in [0.5, 0.6) is 0 Å². The van der Waals surface area contributed by atoms with Crippen LogP contribution in [0.4, 0.5) is 0 Å². The number of rotatable bonds is 3. The summed E-state index contributed by atoms with van der Waals surface area (Å²) in [6.07, 6.45) is 0.976. The highest BCUT2D eigenvalue weighted by Crippen LogP contribution is 2.37. The maximum atomic E-state index is 13.0. The van der Waals surface area contributed by atoms with Crippen LogP contribution >= 0.6 is 36.2 Å². The van der Waals surface area contributed by atoms with Crippen LogP contribution in [0, 0.1) is 0 Å². The number of hydrogen-bond acceptors (Lipinski definition) is 4. The Kier molecular flexibility index (Phi) is 7.92. The molecule has 0 bridgehead atoms. The maximum Gasteiger partial charge on any atom is 0.237 e. The highest BCUT2D eigenvalue weighted by atomic mass is 35.5. The van der Waals surface area contributed by atoms with Gasteiger partial charge in [-0.15, -0.1) is 36.2 Å². The summed E-state index contributed by atoms with van der Waals surface area (Å²) >= 11 is 1.82. The number of hydrogen-bond donors (Lipinski definition) is 1. The van der Waals surface area contributed by atoms with Crippen LogP contribution in [-0.2, 0) is 11.2 Å². The van der Waals surface area contributed by atoms with E-state index in [-0.39, 0.29) is 36.8 Å². The topological polar surface area (TPSA) is 35.6 Å². The lowest BCUT2D eigenvalue weighted by Gasteiger charge is -2.38. The molecule has 0 saturated carbocycles. The van der Waals surface area contributed by atoms with Crippen LogP contribution < -0.4 is 5.32 Å². The normalized spacial score (nSPS) is 19.8. The van der Waals surface area contributed by atoms with Crippen LogP contribution in [0.3, 0.4) is 0 Å². The summed E-state index contributed by atoms with van der Waals surface area (Å²) in [7, 11) is 0. The van der Waals surface area contributed by atoms with E-state index in [1.165, 1.54) is 16.0 Å². The lowest BCUT2D eigenvalue weighted by Crippen LogP contribution is -2.50. The maximum absolute atomic E-state index is 13.0. The second kappa shape index (κ2) is 9.72. The van der Waals surface area contributed by atoms with Crippen molar-refractivity contribution in [3.05, 3.63) is 57.8 Å². The molecule has 1 saturated heterocycles. The molecule has 4 nitrogen and oxygen atoms in total. The Bertz CT molecular complexity index is 704.